The molecule has 0 radical (unpaired) electrons. The third-order valence-corrected chi connectivity index (χ3v) is 4.21. The Hall–Kier alpha value is -2.71. The Morgan fingerprint density at radius 1 is 1.21 bits per heavy atom. The summed E-state index contributed by atoms with van der Waals surface area (Å²) in [4.78, 5) is 4.48. The van der Waals surface area contributed by atoms with Gasteiger partial charge >= 0.3 is 6.18 Å². The van der Waals surface area contributed by atoms with Crippen LogP contribution in [-0.4, -0.2) is 37.0 Å². The average molecular weight is 412 g/mol. The first kappa shape index (κ1) is 22.6. The highest BCUT2D eigenvalue weighted by Crippen LogP contribution is 2.24. The molecule has 160 valence electrons. The fourth-order valence-electron chi connectivity index (χ4n) is 2.76. The number of nitrogens with one attached hydrogen (secondary N) is 2. The summed E-state index contributed by atoms with van der Waals surface area (Å²) in [6.45, 7) is 7.63. The number of hydrogen-bond donors (Lipinski definition) is 2. The molecule has 0 aliphatic carbocycles. The molecule has 1 aromatic carbocycles. The Bertz CT molecular complexity index is 812. The predicted octanol–water partition coefficient (Wildman–Crippen LogP) is 3.84. The normalized spacial score (nSPS) is 12.2. The summed E-state index contributed by atoms with van der Waals surface area (Å²) in [7, 11) is 0. The number of ether oxygens (including phenoxy) is 1. The molecule has 0 fully saturated rings. The van der Waals surface area contributed by atoms with Crippen molar-refractivity contribution < 1.29 is 22.4 Å². The average Bonchev–Trinajstić information content (AvgIpc) is 2.96. The smallest absolute Gasteiger partial charge is 0.422 e. The van der Waals surface area contributed by atoms with Gasteiger partial charge in [-0.05, 0) is 45.7 Å². The molecule has 0 saturated heterocycles. The molecule has 1 heterocycles. The Kier molecular flexibility index (Phi) is 7.92. The largest absolute Gasteiger partial charge is 0.484 e. The first-order valence-electron chi connectivity index (χ1n) is 9.42. The minimum Gasteiger partial charge on any atom is -0.484 e. The van der Waals surface area contributed by atoms with Gasteiger partial charge < -0.3 is 19.9 Å². The van der Waals surface area contributed by atoms with E-state index in [2.05, 4.69) is 20.8 Å². The zero-order valence-corrected chi connectivity index (χ0v) is 17.1. The van der Waals surface area contributed by atoms with Gasteiger partial charge in [0.1, 0.15) is 11.5 Å². The molecule has 0 aliphatic heterocycles. The van der Waals surface area contributed by atoms with Gasteiger partial charge in [0.25, 0.3) is 0 Å². The summed E-state index contributed by atoms with van der Waals surface area (Å²) in [6, 6.07) is 5.15. The molecular weight excluding hydrogens is 385 g/mol. The van der Waals surface area contributed by atoms with Crippen molar-refractivity contribution in [1.29, 1.82) is 0 Å². The molecule has 2 aromatic rings. The molecule has 9 heteroatoms. The second-order valence-corrected chi connectivity index (χ2v) is 6.69. The van der Waals surface area contributed by atoms with Gasteiger partial charge in [-0.1, -0.05) is 17.3 Å². The summed E-state index contributed by atoms with van der Waals surface area (Å²) >= 11 is 0. The number of aliphatic imine (C=N–C) groups is 1. The maximum absolute atomic E-state index is 12.5. The number of alkyl halides is 3. The van der Waals surface area contributed by atoms with E-state index in [1.54, 1.807) is 19.1 Å². The second kappa shape index (κ2) is 10.2. The van der Waals surface area contributed by atoms with Crippen LogP contribution in [0.3, 0.4) is 0 Å². The van der Waals surface area contributed by atoms with Crippen molar-refractivity contribution in [2.24, 2.45) is 4.99 Å². The van der Waals surface area contributed by atoms with Gasteiger partial charge in [0, 0.05) is 24.2 Å². The topological polar surface area (TPSA) is 71.7 Å². The Labute approximate surface area is 168 Å². The van der Waals surface area contributed by atoms with Gasteiger partial charge in [0.2, 0.25) is 0 Å². The van der Waals surface area contributed by atoms with Crippen LogP contribution in [0.4, 0.5) is 13.2 Å². The Morgan fingerprint density at radius 3 is 2.59 bits per heavy atom. The van der Waals surface area contributed by atoms with Crippen molar-refractivity contribution in [3.63, 3.8) is 0 Å². The molecule has 2 rings (SSSR count). The molecule has 0 bridgehead atoms. The van der Waals surface area contributed by atoms with Crippen LogP contribution in [0.1, 0.15) is 35.1 Å². The van der Waals surface area contributed by atoms with Gasteiger partial charge in [-0.2, -0.15) is 13.2 Å². The van der Waals surface area contributed by atoms with Crippen LogP contribution in [-0.2, 0) is 13.0 Å². The lowest BCUT2D eigenvalue weighted by molar-refractivity contribution is -0.153. The standard InChI is InChI=1S/C20H27F3N4O2/c1-5-24-19(25-9-8-17-14(3)27-29-15(17)4)26-11-16-7-6-13(2)10-18(16)28-12-20(21,22)23/h6-7,10H,5,8-9,11-12H2,1-4H3,(H2,24,25,26). The Morgan fingerprint density at radius 2 is 1.97 bits per heavy atom. The molecule has 0 unspecified atom stereocenters. The second-order valence-electron chi connectivity index (χ2n) is 6.69. The summed E-state index contributed by atoms with van der Waals surface area (Å²) < 4.78 is 47.7. The minimum atomic E-state index is -4.39. The predicted molar refractivity (Wildman–Crippen MR) is 105 cm³/mol. The molecule has 0 spiro atoms. The lowest BCUT2D eigenvalue weighted by atomic mass is 10.1. The van der Waals surface area contributed by atoms with Gasteiger partial charge in [-0.3, -0.25) is 0 Å². The van der Waals surface area contributed by atoms with Crippen LogP contribution >= 0.6 is 0 Å². The van der Waals surface area contributed by atoms with Crippen LogP contribution < -0.4 is 15.4 Å². The molecule has 29 heavy (non-hydrogen) atoms. The Balaban J connectivity index is 2.03. The van der Waals surface area contributed by atoms with Crippen molar-refractivity contribution in [2.75, 3.05) is 19.7 Å². The van der Waals surface area contributed by atoms with E-state index in [1.807, 2.05) is 26.8 Å². The summed E-state index contributed by atoms with van der Waals surface area (Å²) in [5.41, 5.74) is 3.31. The van der Waals surface area contributed by atoms with E-state index < -0.39 is 12.8 Å². The highest BCUT2D eigenvalue weighted by molar-refractivity contribution is 5.79. The number of hydrogen-bond acceptors (Lipinski definition) is 4. The zero-order valence-electron chi connectivity index (χ0n) is 17.1. The summed E-state index contributed by atoms with van der Waals surface area (Å²) in [6.07, 6.45) is -3.67. The monoisotopic (exact) mass is 412 g/mol. The number of nitrogens with zero attached hydrogens (tertiary/aromatic N) is 2. The molecule has 0 amide bonds. The molecule has 0 atom stereocenters. The van der Waals surface area contributed by atoms with Crippen LogP contribution in [0.15, 0.2) is 27.7 Å². The van der Waals surface area contributed by atoms with Gasteiger partial charge in [-0.25, -0.2) is 4.99 Å². The van der Waals surface area contributed by atoms with Crippen LogP contribution in [0.5, 0.6) is 5.75 Å². The molecular formula is C20H27F3N4O2. The van der Waals surface area contributed by atoms with Crippen LogP contribution in [0, 0.1) is 20.8 Å². The van der Waals surface area contributed by atoms with Crippen molar-refractivity contribution in [2.45, 2.75) is 46.8 Å². The van der Waals surface area contributed by atoms with Crippen LogP contribution in [0.25, 0.3) is 0 Å². The fraction of sp³-hybridized carbons (Fsp3) is 0.500. The fourth-order valence-corrected chi connectivity index (χ4v) is 2.76. The van der Waals surface area contributed by atoms with E-state index in [9.17, 15) is 13.2 Å². The van der Waals surface area contributed by atoms with Gasteiger partial charge in [0.05, 0.1) is 12.2 Å². The van der Waals surface area contributed by atoms with E-state index >= 15 is 0 Å². The zero-order chi connectivity index (χ0) is 21.4. The molecule has 6 nitrogen and oxygen atoms in total. The molecule has 0 saturated carbocycles. The van der Waals surface area contributed by atoms with E-state index in [4.69, 9.17) is 9.26 Å². The number of rotatable bonds is 8. The minimum absolute atomic E-state index is 0.189. The highest BCUT2D eigenvalue weighted by Gasteiger charge is 2.28. The van der Waals surface area contributed by atoms with Gasteiger partial charge in [-0.15, -0.1) is 0 Å². The lowest BCUT2D eigenvalue weighted by Crippen LogP contribution is -2.38. The van der Waals surface area contributed by atoms with E-state index in [0.717, 1.165) is 29.0 Å². The van der Waals surface area contributed by atoms with E-state index in [0.29, 0.717) is 24.6 Å². The number of halogens is 3. The molecule has 0 aliphatic rings. The maximum atomic E-state index is 12.5. The highest BCUT2D eigenvalue weighted by atomic mass is 19.4. The maximum Gasteiger partial charge on any atom is 0.422 e. The summed E-state index contributed by atoms with van der Waals surface area (Å²) in [5, 5.41) is 10.3. The first-order chi connectivity index (χ1) is 13.7. The first-order valence-corrected chi connectivity index (χ1v) is 9.42. The van der Waals surface area contributed by atoms with Gasteiger partial charge in [0.15, 0.2) is 12.6 Å². The van der Waals surface area contributed by atoms with Crippen molar-refractivity contribution in [1.82, 2.24) is 15.8 Å². The van der Waals surface area contributed by atoms with E-state index in [1.165, 1.54) is 0 Å². The number of benzene rings is 1. The van der Waals surface area contributed by atoms with E-state index in [-0.39, 0.29) is 12.3 Å². The molecule has 2 N–H and O–H groups in total. The number of aryl methyl sites for hydroxylation is 3. The SMILES string of the molecule is CCNC(=NCc1ccc(C)cc1OCC(F)(F)F)NCCc1c(C)noc1C. The lowest BCUT2D eigenvalue weighted by Gasteiger charge is -2.14. The third-order valence-electron chi connectivity index (χ3n) is 4.21. The van der Waals surface area contributed by atoms with Crippen molar-refractivity contribution >= 4 is 5.96 Å². The third kappa shape index (κ3) is 7.32. The van der Waals surface area contributed by atoms with Crippen molar-refractivity contribution in [3.8, 4) is 5.75 Å². The number of aromatic nitrogens is 1. The quantitative estimate of drug-likeness (QED) is 0.509. The van der Waals surface area contributed by atoms with Crippen molar-refractivity contribution in [3.05, 3.63) is 46.3 Å². The number of guanidine groups is 1. The van der Waals surface area contributed by atoms with Crippen LogP contribution in [0.2, 0.25) is 0 Å². The molecule has 1 aromatic heterocycles. The summed E-state index contributed by atoms with van der Waals surface area (Å²) in [5.74, 6) is 1.55.